The van der Waals surface area contributed by atoms with Crippen LogP contribution in [0.5, 0.6) is 5.75 Å². The Hall–Kier alpha value is -3.27. The Kier molecular flexibility index (Phi) is 4.70. The van der Waals surface area contributed by atoms with Gasteiger partial charge in [-0.3, -0.25) is 9.89 Å². The molecule has 25 heavy (non-hydrogen) atoms. The molecular formula is C18H17N3O4. The van der Waals surface area contributed by atoms with Gasteiger partial charge in [-0.2, -0.15) is 5.26 Å². The van der Waals surface area contributed by atoms with Crippen LogP contribution in [0.1, 0.15) is 12.5 Å². The van der Waals surface area contributed by atoms with Crippen molar-refractivity contribution >= 4 is 17.6 Å². The molecule has 3 rings (SSSR count). The Bertz CT molecular complexity index is 816. The van der Waals surface area contributed by atoms with Crippen molar-refractivity contribution in [2.24, 2.45) is 4.99 Å². The van der Waals surface area contributed by atoms with E-state index in [4.69, 9.17) is 14.2 Å². The number of nitriles is 1. The van der Waals surface area contributed by atoms with E-state index in [0.29, 0.717) is 24.7 Å². The van der Waals surface area contributed by atoms with Crippen LogP contribution in [-0.2, 0) is 14.3 Å². The normalized spacial score (nSPS) is 17.6. The molecule has 2 aliphatic rings. The summed E-state index contributed by atoms with van der Waals surface area (Å²) >= 11 is 0. The number of ether oxygens (including phenoxy) is 3. The highest BCUT2D eigenvalue weighted by molar-refractivity contribution is 6.03. The number of rotatable bonds is 4. The third-order valence-corrected chi connectivity index (χ3v) is 3.77. The van der Waals surface area contributed by atoms with Crippen LogP contribution < -0.4 is 4.74 Å². The minimum atomic E-state index is -0.706. The molecular weight excluding hydrogens is 322 g/mol. The third kappa shape index (κ3) is 3.19. The van der Waals surface area contributed by atoms with Gasteiger partial charge < -0.3 is 14.2 Å². The summed E-state index contributed by atoms with van der Waals surface area (Å²) in [5.41, 5.74) is 0.615. The number of benzene rings is 1. The lowest BCUT2D eigenvalue weighted by atomic mass is 10.1. The monoisotopic (exact) mass is 339 g/mol. The van der Waals surface area contributed by atoms with Gasteiger partial charge in [0.05, 0.1) is 20.3 Å². The van der Waals surface area contributed by atoms with E-state index in [1.807, 2.05) is 30.3 Å². The smallest absolute Gasteiger partial charge is 0.354 e. The van der Waals surface area contributed by atoms with Crippen LogP contribution in [-0.4, -0.2) is 43.5 Å². The van der Waals surface area contributed by atoms with Crippen LogP contribution >= 0.6 is 0 Å². The molecule has 0 radical (unpaired) electrons. The summed E-state index contributed by atoms with van der Waals surface area (Å²) in [5, 5.41) is 9.43. The number of aliphatic imine (C=N–C) groups is 1. The minimum Gasteiger partial charge on any atom is -0.497 e. The summed E-state index contributed by atoms with van der Waals surface area (Å²) < 4.78 is 16.0. The molecule has 0 bridgehead atoms. The molecule has 0 saturated heterocycles. The molecule has 7 nitrogen and oxygen atoms in total. The van der Waals surface area contributed by atoms with Gasteiger partial charge in [0, 0.05) is 18.2 Å². The first-order valence-electron chi connectivity index (χ1n) is 7.85. The summed E-state index contributed by atoms with van der Waals surface area (Å²) in [6.45, 7) is 2.97. The van der Waals surface area contributed by atoms with E-state index < -0.39 is 5.97 Å². The molecule has 0 atom stereocenters. The molecule has 0 aliphatic carbocycles. The number of methoxy groups -OCH3 is 1. The Morgan fingerprint density at radius 2 is 2.16 bits per heavy atom. The molecule has 0 amide bonds. The summed E-state index contributed by atoms with van der Waals surface area (Å²) in [6.07, 6.45) is 1.79. The molecule has 0 saturated carbocycles. The number of carbonyl (C=O) groups excluding carboxylic acids is 1. The first kappa shape index (κ1) is 16.6. The van der Waals surface area contributed by atoms with Crippen LogP contribution in [0.3, 0.4) is 0 Å². The maximum atomic E-state index is 12.1. The van der Waals surface area contributed by atoms with Crippen LogP contribution in [0.15, 0.2) is 46.8 Å². The van der Waals surface area contributed by atoms with E-state index in [9.17, 15) is 10.1 Å². The Morgan fingerprint density at radius 1 is 1.40 bits per heavy atom. The lowest BCUT2D eigenvalue weighted by Gasteiger charge is -2.28. The number of hydrogen-bond donors (Lipinski definition) is 0. The van der Waals surface area contributed by atoms with Crippen LogP contribution in [0.2, 0.25) is 0 Å². The molecule has 0 spiro atoms. The first-order valence-corrected chi connectivity index (χ1v) is 7.85. The fourth-order valence-electron chi connectivity index (χ4n) is 2.57. The zero-order valence-electron chi connectivity index (χ0n) is 14.0. The highest BCUT2D eigenvalue weighted by atomic mass is 16.5. The van der Waals surface area contributed by atoms with Gasteiger partial charge in [-0.15, -0.1) is 0 Å². The van der Waals surface area contributed by atoms with Gasteiger partial charge >= 0.3 is 5.97 Å². The maximum absolute atomic E-state index is 12.1. The maximum Gasteiger partial charge on any atom is 0.354 e. The van der Waals surface area contributed by atoms with Gasteiger partial charge in [0.2, 0.25) is 5.88 Å². The molecule has 2 aliphatic heterocycles. The quantitative estimate of drug-likeness (QED) is 0.474. The average Bonchev–Trinajstić information content (AvgIpc) is 3.11. The van der Waals surface area contributed by atoms with Crippen molar-refractivity contribution in [2.75, 3.05) is 26.8 Å². The Morgan fingerprint density at radius 3 is 2.80 bits per heavy atom. The van der Waals surface area contributed by atoms with E-state index in [-0.39, 0.29) is 18.1 Å². The molecule has 1 aromatic carbocycles. The number of carbonyl (C=O) groups is 1. The van der Waals surface area contributed by atoms with Gasteiger partial charge in [-0.1, -0.05) is 0 Å². The molecule has 2 heterocycles. The Labute approximate surface area is 145 Å². The second-order valence-electron chi connectivity index (χ2n) is 5.24. The average molecular weight is 339 g/mol. The topological polar surface area (TPSA) is 84.2 Å². The summed E-state index contributed by atoms with van der Waals surface area (Å²) in [5.74, 6) is 1.34. The molecule has 0 N–H and O–H groups in total. The fraction of sp³-hybridized carbons (Fsp3) is 0.278. The largest absolute Gasteiger partial charge is 0.497 e. The van der Waals surface area contributed by atoms with Crippen molar-refractivity contribution < 1.29 is 19.0 Å². The lowest BCUT2D eigenvalue weighted by Crippen LogP contribution is -2.33. The number of esters is 1. The van der Waals surface area contributed by atoms with Gasteiger partial charge in [0.15, 0.2) is 5.57 Å². The third-order valence-electron chi connectivity index (χ3n) is 3.77. The standard InChI is InChI=1S/C18H17N3O4/c1-3-24-18(22)14(11-19)17-21-9-8-20-16(21)10-15(25-17)12-4-6-13(23-2)7-5-12/h4-7,10H,3,8-9H2,1-2H3/b17-14-. The molecule has 0 unspecified atom stereocenters. The number of fused-ring (bicyclic) bond motifs is 1. The number of hydrogen-bond acceptors (Lipinski definition) is 7. The first-order chi connectivity index (χ1) is 12.2. The van der Waals surface area contributed by atoms with Crippen LogP contribution in [0.25, 0.3) is 5.76 Å². The van der Waals surface area contributed by atoms with Crippen molar-refractivity contribution in [2.45, 2.75) is 6.92 Å². The Balaban J connectivity index is 2.02. The SMILES string of the molecule is CCOC(=O)/C(C#N)=C1\OC(c2ccc(OC)cc2)=CC2=NCCN21. The van der Waals surface area contributed by atoms with E-state index >= 15 is 0 Å². The minimum absolute atomic E-state index is 0.158. The highest BCUT2D eigenvalue weighted by Gasteiger charge is 2.33. The van der Waals surface area contributed by atoms with Gasteiger partial charge in [-0.25, -0.2) is 4.79 Å². The molecule has 1 aromatic rings. The van der Waals surface area contributed by atoms with Crippen molar-refractivity contribution in [3.8, 4) is 11.8 Å². The molecule has 0 fully saturated rings. The van der Waals surface area contributed by atoms with Gasteiger partial charge in [0.25, 0.3) is 0 Å². The highest BCUT2D eigenvalue weighted by Crippen LogP contribution is 2.31. The predicted octanol–water partition coefficient (Wildman–Crippen LogP) is 2.08. The summed E-state index contributed by atoms with van der Waals surface area (Å²) in [4.78, 5) is 18.2. The number of amidine groups is 1. The zero-order valence-corrected chi connectivity index (χ0v) is 14.0. The lowest BCUT2D eigenvalue weighted by molar-refractivity contribution is -0.138. The van der Waals surface area contributed by atoms with Gasteiger partial charge in [0.1, 0.15) is 23.4 Å². The summed E-state index contributed by atoms with van der Waals surface area (Å²) in [7, 11) is 1.59. The number of nitrogens with zero attached hydrogens (tertiary/aromatic N) is 3. The van der Waals surface area contributed by atoms with Crippen LogP contribution in [0.4, 0.5) is 0 Å². The second-order valence-corrected chi connectivity index (χ2v) is 5.24. The van der Waals surface area contributed by atoms with E-state index in [1.54, 1.807) is 25.0 Å². The fourth-order valence-corrected chi connectivity index (χ4v) is 2.57. The summed E-state index contributed by atoms with van der Waals surface area (Å²) in [6, 6.07) is 9.19. The van der Waals surface area contributed by atoms with Gasteiger partial charge in [-0.05, 0) is 31.2 Å². The van der Waals surface area contributed by atoms with Crippen molar-refractivity contribution in [3.05, 3.63) is 47.4 Å². The molecule has 7 heteroatoms. The van der Waals surface area contributed by atoms with E-state index in [2.05, 4.69) is 4.99 Å². The van der Waals surface area contributed by atoms with Crippen LogP contribution in [0, 0.1) is 11.3 Å². The van der Waals surface area contributed by atoms with E-state index in [1.165, 1.54) is 0 Å². The second kappa shape index (κ2) is 7.09. The molecule has 128 valence electrons. The van der Waals surface area contributed by atoms with E-state index in [0.717, 1.165) is 11.3 Å². The predicted molar refractivity (Wildman–Crippen MR) is 90.3 cm³/mol. The van der Waals surface area contributed by atoms with Crippen molar-refractivity contribution in [1.82, 2.24) is 4.90 Å². The van der Waals surface area contributed by atoms with Crippen molar-refractivity contribution in [1.29, 1.82) is 5.26 Å². The van der Waals surface area contributed by atoms with Crippen molar-refractivity contribution in [3.63, 3.8) is 0 Å². The molecule has 0 aromatic heterocycles. The zero-order chi connectivity index (χ0) is 17.8.